The average Bonchev–Trinajstić information content (AvgIpc) is 3.37. The molecule has 0 bridgehead atoms. The van der Waals surface area contributed by atoms with E-state index in [0.29, 0.717) is 19.1 Å². The van der Waals surface area contributed by atoms with Gasteiger partial charge in [-0.15, -0.1) is 0 Å². The first-order chi connectivity index (χ1) is 17.9. The molecule has 37 heavy (non-hydrogen) atoms. The van der Waals surface area contributed by atoms with Crippen LogP contribution in [0.4, 0.5) is 5.95 Å². The normalized spacial score (nSPS) is 19.4. The number of piperazine rings is 1. The number of carbonyl (C=O) groups is 1. The van der Waals surface area contributed by atoms with Gasteiger partial charge < -0.3 is 14.4 Å². The maximum atomic E-state index is 13.1. The standard InChI is InChI=1S/C30H34N4O3/c1-19(2)22-5-7-23(8-6-22)24-15-25-29(26(35)16-24)20(3)31-30(32-25)34-12-10-33(11-13-34)17-21-4-9-27-28(14-21)37-18-36-27/h4-9,14,19,24H,10-13,15-18H2,1-3H3/t24-/m0/s1. The van der Waals surface area contributed by atoms with Gasteiger partial charge in [-0.3, -0.25) is 9.69 Å². The molecule has 1 aromatic heterocycles. The Morgan fingerprint density at radius 1 is 0.946 bits per heavy atom. The van der Waals surface area contributed by atoms with Gasteiger partial charge in [0.25, 0.3) is 0 Å². The molecule has 2 aromatic carbocycles. The summed E-state index contributed by atoms with van der Waals surface area (Å²) in [5.41, 5.74) is 6.22. The van der Waals surface area contributed by atoms with Crippen molar-refractivity contribution in [3.63, 3.8) is 0 Å². The highest BCUT2D eigenvalue weighted by molar-refractivity contribution is 5.99. The molecule has 0 unspecified atom stereocenters. The molecule has 0 radical (unpaired) electrons. The van der Waals surface area contributed by atoms with Gasteiger partial charge in [0, 0.05) is 39.1 Å². The predicted molar refractivity (Wildman–Crippen MR) is 143 cm³/mol. The fourth-order valence-electron chi connectivity index (χ4n) is 5.69. The first-order valence-corrected chi connectivity index (χ1v) is 13.3. The minimum atomic E-state index is 0.164. The molecule has 1 fully saturated rings. The van der Waals surface area contributed by atoms with Crippen LogP contribution in [0, 0.1) is 6.92 Å². The van der Waals surface area contributed by atoms with E-state index < -0.39 is 0 Å². The summed E-state index contributed by atoms with van der Waals surface area (Å²) in [5.74, 6) is 3.24. The third-order valence-corrected chi connectivity index (χ3v) is 7.88. The van der Waals surface area contributed by atoms with Crippen molar-refractivity contribution in [1.82, 2.24) is 14.9 Å². The van der Waals surface area contributed by atoms with Crippen molar-refractivity contribution in [2.75, 3.05) is 37.9 Å². The van der Waals surface area contributed by atoms with Gasteiger partial charge in [0.15, 0.2) is 17.3 Å². The van der Waals surface area contributed by atoms with E-state index in [1.807, 2.05) is 13.0 Å². The minimum Gasteiger partial charge on any atom is -0.454 e. The number of benzene rings is 2. The van der Waals surface area contributed by atoms with Crippen molar-refractivity contribution in [3.05, 3.63) is 76.1 Å². The summed E-state index contributed by atoms with van der Waals surface area (Å²) < 4.78 is 11.0. The number of aromatic nitrogens is 2. The number of carbonyl (C=O) groups excluding carboxylic acids is 1. The SMILES string of the molecule is Cc1nc(N2CCN(Cc3ccc4c(c3)OCO4)CC2)nc2c1C(=O)C[C@@H](c1ccc(C(C)C)cc1)C2. The molecule has 1 aliphatic carbocycles. The summed E-state index contributed by atoms with van der Waals surface area (Å²) in [4.78, 5) is 27.6. The van der Waals surface area contributed by atoms with Crippen molar-refractivity contribution in [2.45, 2.75) is 52.0 Å². The molecule has 192 valence electrons. The number of rotatable bonds is 5. The van der Waals surface area contributed by atoms with Gasteiger partial charge in [0.2, 0.25) is 12.7 Å². The summed E-state index contributed by atoms with van der Waals surface area (Å²) in [5, 5.41) is 0. The van der Waals surface area contributed by atoms with E-state index in [1.54, 1.807) is 0 Å². The molecule has 1 atom stereocenters. The van der Waals surface area contributed by atoms with E-state index in [1.165, 1.54) is 16.7 Å². The highest BCUT2D eigenvalue weighted by Crippen LogP contribution is 2.35. The maximum absolute atomic E-state index is 13.1. The highest BCUT2D eigenvalue weighted by Gasteiger charge is 2.31. The summed E-state index contributed by atoms with van der Waals surface area (Å²) >= 11 is 0. The Hall–Kier alpha value is -3.45. The topological polar surface area (TPSA) is 67.8 Å². The van der Waals surface area contributed by atoms with Gasteiger partial charge >= 0.3 is 0 Å². The highest BCUT2D eigenvalue weighted by atomic mass is 16.7. The van der Waals surface area contributed by atoms with Crippen LogP contribution in [0.25, 0.3) is 0 Å². The van der Waals surface area contributed by atoms with Gasteiger partial charge in [0.05, 0.1) is 17.0 Å². The summed E-state index contributed by atoms with van der Waals surface area (Å²) in [6.07, 6.45) is 1.30. The van der Waals surface area contributed by atoms with Crippen molar-refractivity contribution < 1.29 is 14.3 Å². The Labute approximate surface area is 218 Å². The van der Waals surface area contributed by atoms with E-state index in [0.717, 1.165) is 73.5 Å². The first-order valence-electron chi connectivity index (χ1n) is 13.3. The molecule has 7 heteroatoms. The third kappa shape index (κ3) is 4.80. The van der Waals surface area contributed by atoms with Gasteiger partial charge in [0.1, 0.15) is 0 Å². The van der Waals surface area contributed by atoms with E-state index in [9.17, 15) is 4.79 Å². The van der Waals surface area contributed by atoms with Crippen LogP contribution in [-0.4, -0.2) is 53.6 Å². The maximum Gasteiger partial charge on any atom is 0.231 e. The minimum absolute atomic E-state index is 0.164. The molecule has 3 heterocycles. The molecule has 0 saturated carbocycles. The van der Waals surface area contributed by atoms with Crippen molar-refractivity contribution in [3.8, 4) is 11.5 Å². The molecular formula is C30H34N4O3. The second kappa shape index (κ2) is 9.78. The molecular weight excluding hydrogens is 464 g/mol. The number of aryl methyl sites for hydroxylation is 1. The molecule has 3 aromatic rings. The Morgan fingerprint density at radius 3 is 2.46 bits per heavy atom. The van der Waals surface area contributed by atoms with Gasteiger partial charge in [-0.05, 0) is 54.0 Å². The zero-order valence-corrected chi connectivity index (χ0v) is 21.9. The number of hydrogen-bond acceptors (Lipinski definition) is 7. The second-order valence-electron chi connectivity index (χ2n) is 10.7. The number of fused-ring (bicyclic) bond motifs is 2. The number of Topliss-reactive ketones (excluding diaryl/α,β-unsaturated/α-hetero) is 1. The number of ketones is 1. The number of anilines is 1. The molecule has 6 rings (SSSR count). The fraction of sp³-hybridized carbons (Fsp3) is 0.433. The lowest BCUT2D eigenvalue weighted by Crippen LogP contribution is -2.46. The Balaban J connectivity index is 1.14. The van der Waals surface area contributed by atoms with E-state index in [-0.39, 0.29) is 11.7 Å². The van der Waals surface area contributed by atoms with Gasteiger partial charge in [-0.2, -0.15) is 0 Å². The molecule has 2 aliphatic heterocycles. The zero-order valence-electron chi connectivity index (χ0n) is 21.9. The number of ether oxygens (including phenoxy) is 2. The summed E-state index contributed by atoms with van der Waals surface area (Å²) in [6.45, 7) is 11.1. The van der Waals surface area contributed by atoms with E-state index >= 15 is 0 Å². The number of nitrogens with zero attached hydrogens (tertiary/aromatic N) is 4. The average molecular weight is 499 g/mol. The molecule has 0 N–H and O–H groups in total. The van der Waals surface area contributed by atoms with Crippen molar-refractivity contribution in [1.29, 1.82) is 0 Å². The molecule has 0 amide bonds. The Bertz CT molecular complexity index is 1310. The molecule has 3 aliphatic rings. The van der Waals surface area contributed by atoms with Crippen LogP contribution in [0.1, 0.15) is 70.5 Å². The number of hydrogen-bond donors (Lipinski definition) is 0. The summed E-state index contributed by atoms with van der Waals surface area (Å²) in [7, 11) is 0. The molecule has 7 nitrogen and oxygen atoms in total. The predicted octanol–water partition coefficient (Wildman–Crippen LogP) is 4.87. The van der Waals surface area contributed by atoms with Crippen LogP contribution in [0.5, 0.6) is 11.5 Å². The second-order valence-corrected chi connectivity index (χ2v) is 10.7. The van der Waals surface area contributed by atoms with Crippen LogP contribution in [0.2, 0.25) is 0 Å². The van der Waals surface area contributed by atoms with Crippen LogP contribution in [0.15, 0.2) is 42.5 Å². The monoisotopic (exact) mass is 498 g/mol. The lowest BCUT2D eigenvalue weighted by molar-refractivity contribution is 0.0962. The quantitative estimate of drug-likeness (QED) is 0.497. The van der Waals surface area contributed by atoms with Crippen molar-refractivity contribution >= 4 is 11.7 Å². The van der Waals surface area contributed by atoms with Gasteiger partial charge in [-0.1, -0.05) is 44.2 Å². The fourth-order valence-corrected chi connectivity index (χ4v) is 5.69. The van der Waals surface area contributed by atoms with E-state index in [2.05, 4.69) is 60.0 Å². The van der Waals surface area contributed by atoms with Crippen LogP contribution in [0.3, 0.4) is 0 Å². The lowest BCUT2D eigenvalue weighted by Gasteiger charge is -2.35. The Morgan fingerprint density at radius 2 is 1.70 bits per heavy atom. The van der Waals surface area contributed by atoms with Crippen LogP contribution in [-0.2, 0) is 13.0 Å². The van der Waals surface area contributed by atoms with Gasteiger partial charge in [-0.25, -0.2) is 9.97 Å². The Kier molecular flexibility index (Phi) is 6.32. The zero-order chi connectivity index (χ0) is 25.5. The van der Waals surface area contributed by atoms with Crippen LogP contribution < -0.4 is 14.4 Å². The van der Waals surface area contributed by atoms with Crippen molar-refractivity contribution in [2.24, 2.45) is 0 Å². The first kappa shape index (κ1) is 23.9. The van der Waals surface area contributed by atoms with E-state index in [4.69, 9.17) is 19.4 Å². The molecule has 0 spiro atoms. The molecule has 1 saturated heterocycles. The van der Waals surface area contributed by atoms with Crippen LogP contribution >= 0.6 is 0 Å². The largest absolute Gasteiger partial charge is 0.454 e. The lowest BCUT2D eigenvalue weighted by atomic mass is 9.81. The smallest absolute Gasteiger partial charge is 0.231 e. The third-order valence-electron chi connectivity index (χ3n) is 7.88. The summed E-state index contributed by atoms with van der Waals surface area (Å²) in [6, 6.07) is 14.9.